The standard InChI is InChI=1S/C13H14BrNO2/c1-16-13-3-2-10(7-11(13)14)12(15)6-9-4-5-17-8-9/h2-5,7-8,12H,6,15H2,1H3. The molecule has 1 unspecified atom stereocenters. The summed E-state index contributed by atoms with van der Waals surface area (Å²) in [4.78, 5) is 0. The number of furan rings is 1. The normalized spacial score (nSPS) is 12.4. The number of benzene rings is 1. The summed E-state index contributed by atoms with van der Waals surface area (Å²) in [5, 5.41) is 0. The van der Waals surface area contributed by atoms with E-state index in [1.54, 1.807) is 19.6 Å². The molecular weight excluding hydrogens is 282 g/mol. The third-order valence-electron chi connectivity index (χ3n) is 2.64. The van der Waals surface area contributed by atoms with Crippen molar-refractivity contribution in [3.63, 3.8) is 0 Å². The Morgan fingerprint density at radius 1 is 1.41 bits per heavy atom. The maximum absolute atomic E-state index is 6.14. The third kappa shape index (κ3) is 2.90. The second kappa shape index (κ2) is 5.38. The molecule has 0 radical (unpaired) electrons. The number of methoxy groups -OCH3 is 1. The van der Waals surface area contributed by atoms with E-state index < -0.39 is 0 Å². The van der Waals surface area contributed by atoms with Gasteiger partial charge in [-0.1, -0.05) is 6.07 Å². The van der Waals surface area contributed by atoms with E-state index in [1.807, 2.05) is 24.3 Å². The Hall–Kier alpha value is -1.26. The summed E-state index contributed by atoms with van der Waals surface area (Å²) in [6.45, 7) is 0. The third-order valence-corrected chi connectivity index (χ3v) is 3.26. The fourth-order valence-corrected chi connectivity index (χ4v) is 2.25. The Balaban J connectivity index is 2.14. The lowest BCUT2D eigenvalue weighted by Gasteiger charge is -2.12. The van der Waals surface area contributed by atoms with Crippen LogP contribution in [0.25, 0.3) is 0 Å². The molecule has 0 aliphatic heterocycles. The van der Waals surface area contributed by atoms with Gasteiger partial charge in [0.2, 0.25) is 0 Å². The number of ether oxygens (including phenoxy) is 1. The summed E-state index contributed by atoms with van der Waals surface area (Å²) >= 11 is 3.45. The SMILES string of the molecule is COc1ccc(C(N)Cc2ccoc2)cc1Br. The minimum absolute atomic E-state index is 0.0465. The molecule has 0 bridgehead atoms. The molecule has 1 atom stereocenters. The fourth-order valence-electron chi connectivity index (χ4n) is 1.69. The van der Waals surface area contributed by atoms with Crippen molar-refractivity contribution in [3.05, 3.63) is 52.4 Å². The van der Waals surface area contributed by atoms with E-state index in [0.717, 1.165) is 27.8 Å². The lowest BCUT2D eigenvalue weighted by Crippen LogP contribution is -2.13. The van der Waals surface area contributed by atoms with E-state index in [2.05, 4.69) is 15.9 Å². The van der Waals surface area contributed by atoms with Gasteiger partial charge in [-0.25, -0.2) is 0 Å². The Kier molecular flexibility index (Phi) is 3.86. The van der Waals surface area contributed by atoms with Crippen molar-refractivity contribution in [2.75, 3.05) is 7.11 Å². The van der Waals surface area contributed by atoms with Crippen molar-refractivity contribution in [2.45, 2.75) is 12.5 Å². The molecule has 4 heteroatoms. The minimum atomic E-state index is -0.0465. The molecule has 2 aromatic rings. The zero-order chi connectivity index (χ0) is 12.3. The highest BCUT2D eigenvalue weighted by molar-refractivity contribution is 9.10. The van der Waals surface area contributed by atoms with Gasteiger partial charge < -0.3 is 14.9 Å². The summed E-state index contributed by atoms with van der Waals surface area (Å²) < 4.78 is 11.1. The highest BCUT2D eigenvalue weighted by Gasteiger charge is 2.10. The summed E-state index contributed by atoms with van der Waals surface area (Å²) in [6, 6.07) is 7.76. The van der Waals surface area contributed by atoms with E-state index in [1.165, 1.54) is 0 Å². The Labute approximate surface area is 109 Å². The van der Waals surface area contributed by atoms with Crippen molar-refractivity contribution < 1.29 is 9.15 Å². The zero-order valence-electron chi connectivity index (χ0n) is 9.52. The summed E-state index contributed by atoms with van der Waals surface area (Å²) in [6.07, 6.45) is 4.14. The number of nitrogens with two attached hydrogens (primary N) is 1. The van der Waals surface area contributed by atoms with Crippen molar-refractivity contribution in [2.24, 2.45) is 5.73 Å². The molecule has 0 fully saturated rings. The molecule has 3 nitrogen and oxygen atoms in total. The molecule has 1 heterocycles. The first-order chi connectivity index (χ1) is 8.20. The Bertz CT molecular complexity index is 482. The quantitative estimate of drug-likeness (QED) is 0.941. The molecule has 0 saturated carbocycles. The van der Waals surface area contributed by atoms with Crippen LogP contribution in [0.5, 0.6) is 5.75 Å². The molecule has 2 rings (SSSR count). The van der Waals surface area contributed by atoms with E-state index in [0.29, 0.717) is 0 Å². The molecule has 0 aliphatic carbocycles. The van der Waals surface area contributed by atoms with Crippen molar-refractivity contribution in [1.29, 1.82) is 0 Å². The molecule has 0 spiro atoms. The number of hydrogen-bond donors (Lipinski definition) is 1. The molecular formula is C13H14BrNO2. The maximum atomic E-state index is 6.14. The van der Waals surface area contributed by atoms with Gasteiger partial charge >= 0.3 is 0 Å². The van der Waals surface area contributed by atoms with Gasteiger partial charge in [0.05, 0.1) is 24.1 Å². The summed E-state index contributed by atoms with van der Waals surface area (Å²) in [7, 11) is 1.64. The molecule has 0 aliphatic rings. The van der Waals surface area contributed by atoms with Gasteiger partial charge in [0.15, 0.2) is 0 Å². The average Bonchev–Trinajstić information content (AvgIpc) is 2.81. The molecule has 2 N–H and O–H groups in total. The zero-order valence-corrected chi connectivity index (χ0v) is 11.1. The van der Waals surface area contributed by atoms with E-state index >= 15 is 0 Å². The first-order valence-corrected chi connectivity index (χ1v) is 6.10. The molecule has 0 amide bonds. The van der Waals surface area contributed by atoms with E-state index in [4.69, 9.17) is 14.9 Å². The highest BCUT2D eigenvalue weighted by atomic mass is 79.9. The number of halogens is 1. The van der Waals surface area contributed by atoms with Crippen molar-refractivity contribution in [1.82, 2.24) is 0 Å². The van der Waals surface area contributed by atoms with Crippen LogP contribution in [-0.4, -0.2) is 7.11 Å². The molecule has 1 aromatic heterocycles. The van der Waals surface area contributed by atoms with Gasteiger partial charge in [0.25, 0.3) is 0 Å². The lowest BCUT2D eigenvalue weighted by molar-refractivity contribution is 0.412. The van der Waals surface area contributed by atoms with E-state index in [-0.39, 0.29) is 6.04 Å². The number of rotatable bonds is 4. The predicted octanol–water partition coefficient (Wildman–Crippen LogP) is 3.29. The van der Waals surface area contributed by atoms with Crippen LogP contribution in [-0.2, 0) is 6.42 Å². The summed E-state index contributed by atoms with van der Waals surface area (Å²) in [5.41, 5.74) is 8.31. The van der Waals surface area contributed by atoms with Crippen LogP contribution in [0.1, 0.15) is 17.2 Å². The van der Waals surface area contributed by atoms with Gasteiger partial charge in [-0.2, -0.15) is 0 Å². The molecule has 1 aromatic carbocycles. The molecule has 90 valence electrons. The molecule has 17 heavy (non-hydrogen) atoms. The monoisotopic (exact) mass is 295 g/mol. The van der Waals surface area contributed by atoms with Gasteiger partial charge in [0, 0.05) is 6.04 Å². The molecule has 0 saturated heterocycles. The average molecular weight is 296 g/mol. The fraction of sp³-hybridized carbons (Fsp3) is 0.231. The van der Waals surface area contributed by atoms with Crippen LogP contribution in [0, 0.1) is 0 Å². The van der Waals surface area contributed by atoms with Crippen LogP contribution in [0.3, 0.4) is 0 Å². The van der Waals surface area contributed by atoms with Crippen LogP contribution in [0.4, 0.5) is 0 Å². The van der Waals surface area contributed by atoms with Crippen LogP contribution in [0.2, 0.25) is 0 Å². The Morgan fingerprint density at radius 2 is 2.24 bits per heavy atom. The van der Waals surface area contributed by atoms with Crippen LogP contribution >= 0.6 is 15.9 Å². The van der Waals surface area contributed by atoms with Crippen LogP contribution in [0.15, 0.2) is 45.7 Å². The first kappa shape index (κ1) is 12.2. The Morgan fingerprint density at radius 3 is 2.82 bits per heavy atom. The minimum Gasteiger partial charge on any atom is -0.496 e. The van der Waals surface area contributed by atoms with Gasteiger partial charge in [-0.05, 0) is 51.7 Å². The first-order valence-electron chi connectivity index (χ1n) is 5.31. The highest BCUT2D eigenvalue weighted by Crippen LogP contribution is 2.28. The lowest BCUT2D eigenvalue weighted by atomic mass is 10.0. The van der Waals surface area contributed by atoms with E-state index in [9.17, 15) is 0 Å². The summed E-state index contributed by atoms with van der Waals surface area (Å²) in [5.74, 6) is 0.810. The van der Waals surface area contributed by atoms with Gasteiger partial charge in [-0.15, -0.1) is 0 Å². The second-order valence-electron chi connectivity index (χ2n) is 3.84. The number of hydrogen-bond acceptors (Lipinski definition) is 3. The maximum Gasteiger partial charge on any atom is 0.133 e. The van der Waals surface area contributed by atoms with Gasteiger partial charge in [0.1, 0.15) is 5.75 Å². The van der Waals surface area contributed by atoms with Crippen molar-refractivity contribution in [3.8, 4) is 5.75 Å². The van der Waals surface area contributed by atoms with Crippen molar-refractivity contribution >= 4 is 15.9 Å². The largest absolute Gasteiger partial charge is 0.496 e. The van der Waals surface area contributed by atoms with Gasteiger partial charge in [-0.3, -0.25) is 0 Å². The topological polar surface area (TPSA) is 48.4 Å². The van der Waals surface area contributed by atoms with Crippen LogP contribution < -0.4 is 10.5 Å². The predicted molar refractivity (Wildman–Crippen MR) is 70.0 cm³/mol. The smallest absolute Gasteiger partial charge is 0.133 e. The second-order valence-corrected chi connectivity index (χ2v) is 4.69.